The second kappa shape index (κ2) is 4.74. The van der Waals surface area contributed by atoms with Crippen LogP contribution in [-0.2, 0) is 23.1 Å². The molecule has 0 bridgehead atoms. The van der Waals surface area contributed by atoms with Crippen LogP contribution in [0.5, 0.6) is 0 Å². The summed E-state index contributed by atoms with van der Waals surface area (Å²) in [5.74, 6) is 0. The fraction of sp³-hybridized carbons (Fsp3) is 0.143. The lowest BCUT2D eigenvalue weighted by molar-refractivity contribution is 0.431. The van der Waals surface area contributed by atoms with Crippen LogP contribution in [0.2, 0.25) is 0 Å². The average molecular weight is 338 g/mol. The average Bonchev–Trinajstić information content (AvgIpc) is 2.83. The molecule has 0 aromatic heterocycles. The van der Waals surface area contributed by atoms with E-state index in [9.17, 15) is 8.42 Å². The summed E-state index contributed by atoms with van der Waals surface area (Å²) in [6, 6.07) is 14.5. The normalized spacial score (nSPS) is 15.4. The molecule has 0 saturated heterocycles. The molecule has 1 aliphatic rings. The highest BCUT2D eigenvalue weighted by molar-refractivity contribution is 9.10. The summed E-state index contributed by atoms with van der Waals surface area (Å²) in [5.41, 5.74) is 2.14. The van der Waals surface area contributed by atoms with Gasteiger partial charge in [0, 0.05) is 17.6 Å². The van der Waals surface area contributed by atoms with Crippen LogP contribution in [-0.4, -0.2) is 12.7 Å². The van der Waals surface area contributed by atoms with Crippen LogP contribution in [0, 0.1) is 0 Å². The van der Waals surface area contributed by atoms with E-state index in [2.05, 4.69) is 15.9 Å². The highest BCUT2D eigenvalue weighted by Gasteiger charge is 2.30. The number of hydrogen-bond acceptors (Lipinski definition) is 2. The van der Waals surface area contributed by atoms with Gasteiger partial charge in [0.2, 0.25) is 10.0 Å². The van der Waals surface area contributed by atoms with Crippen LogP contribution in [0.1, 0.15) is 11.1 Å². The summed E-state index contributed by atoms with van der Waals surface area (Å²) in [4.78, 5) is 0.349. The zero-order valence-electron chi connectivity index (χ0n) is 10.1. The number of fused-ring (bicyclic) bond motifs is 1. The maximum atomic E-state index is 12.5. The predicted octanol–water partition coefficient (Wildman–Crippen LogP) is 3.15. The van der Waals surface area contributed by atoms with Crippen LogP contribution in [0.4, 0.5) is 0 Å². The Morgan fingerprint density at radius 1 is 0.947 bits per heavy atom. The number of halogens is 1. The van der Waals surface area contributed by atoms with Gasteiger partial charge in [-0.05, 0) is 35.4 Å². The Morgan fingerprint density at radius 3 is 2.37 bits per heavy atom. The molecule has 1 aliphatic heterocycles. The molecule has 3 nitrogen and oxygen atoms in total. The summed E-state index contributed by atoms with van der Waals surface area (Å²) < 4.78 is 27.5. The van der Waals surface area contributed by atoms with Crippen molar-refractivity contribution in [2.75, 3.05) is 0 Å². The van der Waals surface area contributed by atoms with Crippen molar-refractivity contribution in [1.29, 1.82) is 0 Å². The SMILES string of the molecule is O=S(=O)(c1ccccc1)N1Cc2ccc(Br)cc2C1. The molecule has 2 aromatic rings. The van der Waals surface area contributed by atoms with Gasteiger partial charge in [0.05, 0.1) is 4.90 Å². The standard InChI is InChI=1S/C14H12BrNO2S/c15-13-7-6-11-9-16(10-12(11)8-13)19(17,18)14-4-2-1-3-5-14/h1-8H,9-10H2. The molecule has 0 aliphatic carbocycles. The number of sulfonamides is 1. The topological polar surface area (TPSA) is 37.4 Å². The zero-order valence-corrected chi connectivity index (χ0v) is 12.5. The van der Waals surface area contributed by atoms with Crippen LogP contribution in [0.25, 0.3) is 0 Å². The Hall–Kier alpha value is -1.17. The highest BCUT2D eigenvalue weighted by Crippen LogP contribution is 2.30. The van der Waals surface area contributed by atoms with Gasteiger partial charge in [0.25, 0.3) is 0 Å². The van der Waals surface area contributed by atoms with Gasteiger partial charge in [0.15, 0.2) is 0 Å². The van der Waals surface area contributed by atoms with E-state index in [0.29, 0.717) is 18.0 Å². The molecule has 5 heteroatoms. The molecule has 0 atom stereocenters. The Morgan fingerprint density at radius 2 is 1.63 bits per heavy atom. The Bertz CT molecular complexity index is 713. The highest BCUT2D eigenvalue weighted by atomic mass is 79.9. The molecular formula is C14H12BrNO2S. The number of rotatable bonds is 2. The molecule has 19 heavy (non-hydrogen) atoms. The van der Waals surface area contributed by atoms with Crippen molar-refractivity contribution in [3.63, 3.8) is 0 Å². The first kappa shape index (κ1) is 12.8. The lowest BCUT2D eigenvalue weighted by atomic mass is 10.1. The lowest BCUT2D eigenvalue weighted by Crippen LogP contribution is -2.25. The minimum absolute atomic E-state index is 0.349. The fourth-order valence-electron chi connectivity index (χ4n) is 2.24. The van der Waals surface area contributed by atoms with E-state index in [0.717, 1.165) is 15.6 Å². The molecule has 0 fully saturated rings. The first-order valence-electron chi connectivity index (χ1n) is 5.90. The van der Waals surface area contributed by atoms with Crippen molar-refractivity contribution in [3.05, 3.63) is 64.1 Å². The van der Waals surface area contributed by atoms with Crippen molar-refractivity contribution in [2.45, 2.75) is 18.0 Å². The van der Waals surface area contributed by atoms with Gasteiger partial charge in [-0.3, -0.25) is 0 Å². The van der Waals surface area contributed by atoms with Crippen LogP contribution < -0.4 is 0 Å². The van der Waals surface area contributed by atoms with E-state index in [-0.39, 0.29) is 0 Å². The maximum Gasteiger partial charge on any atom is 0.243 e. The van der Waals surface area contributed by atoms with Crippen LogP contribution >= 0.6 is 15.9 Å². The molecule has 0 spiro atoms. The largest absolute Gasteiger partial charge is 0.243 e. The maximum absolute atomic E-state index is 12.5. The molecule has 3 rings (SSSR count). The fourth-order valence-corrected chi connectivity index (χ4v) is 4.07. The van der Waals surface area contributed by atoms with Gasteiger partial charge < -0.3 is 0 Å². The van der Waals surface area contributed by atoms with Gasteiger partial charge in [-0.2, -0.15) is 4.31 Å². The molecule has 0 unspecified atom stereocenters. The van der Waals surface area contributed by atoms with Gasteiger partial charge >= 0.3 is 0 Å². The van der Waals surface area contributed by atoms with Crippen molar-refractivity contribution in [1.82, 2.24) is 4.31 Å². The van der Waals surface area contributed by atoms with E-state index in [4.69, 9.17) is 0 Å². The van der Waals surface area contributed by atoms with E-state index < -0.39 is 10.0 Å². The van der Waals surface area contributed by atoms with Crippen LogP contribution in [0.15, 0.2) is 57.9 Å². The summed E-state index contributed by atoms with van der Waals surface area (Å²) >= 11 is 3.41. The van der Waals surface area contributed by atoms with Crippen molar-refractivity contribution >= 4 is 26.0 Å². The van der Waals surface area contributed by atoms with Crippen LogP contribution in [0.3, 0.4) is 0 Å². The first-order valence-corrected chi connectivity index (χ1v) is 8.13. The minimum Gasteiger partial charge on any atom is -0.207 e. The molecule has 0 radical (unpaired) electrons. The smallest absolute Gasteiger partial charge is 0.207 e. The molecular weight excluding hydrogens is 326 g/mol. The zero-order chi connectivity index (χ0) is 13.5. The van der Waals surface area contributed by atoms with Gasteiger partial charge in [-0.15, -0.1) is 0 Å². The minimum atomic E-state index is -3.40. The summed E-state index contributed by atoms with van der Waals surface area (Å²) in [6.45, 7) is 0.881. The van der Waals surface area contributed by atoms with E-state index >= 15 is 0 Å². The summed E-state index contributed by atoms with van der Waals surface area (Å²) in [6.07, 6.45) is 0. The van der Waals surface area contributed by atoms with Gasteiger partial charge in [-0.1, -0.05) is 40.2 Å². The predicted molar refractivity (Wildman–Crippen MR) is 77.0 cm³/mol. The molecule has 2 aromatic carbocycles. The van der Waals surface area contributed by atoms with E-state index in [1.165, 1.54) is 4.31 Å². The Balaban J connectivity index is 1.95. The number of nitrogens with zero attached hydrogens (tertiary/aromatic N) is 1. The molecule has 1 heterocycles. The molecule has 0 amide bonds. The Labute approximate surface area is 121 Å². The quantitative estimate of drug-likeness (QED) is 0.844. The Kier molecular flexibility index (Phi) is 3.20. The lowest BCUT2D eigenvalue weighted by Gasteiger charge is -2.15. The van der Waals surface area contributed by atoms with Crippen molar-refractivity contribution < 1.29 is 8.42 Å². The first-order chi connectivity index (χ1) is 9.07. The monoisotopic (exact) mass is 337 g/mol. The van der Waals surface area contributed by atoms with Crippen molar-refractivity contribution in [2.24, 2.45) is 0 Å². The summed E-state index contributed by atoms with van der Waals surface area (Å²) in [5, 5.41) is 0. The van der Waals surface area contributed by atoms with Gasteiger partial charge in [-0.25, -0.2) is 8.42 Å². The third-order valence-corrected chi connectivity index (χ3v) is 5.54. The molecule has 98 valence electrons. The van der Waals surface area contributed by atoms with E-state index in [1.54, 1.807) is 24.3 Å². The summed E-state index contributed by atoms with van der Waals surface area (Å²) in [7, 11) is -3.40. The second-order valence-corrected chi connectivity index (χ2v) is 7.35. The molecule has 0 saturated carbocycles. The number of benzene rings is 2. The molecule has 0 N–H and O–H groups in total. The third kappa shape index (κ3) is 2.33. The van der Waals surface area contributed by atoms with Crippen molar-refractivity contribution in [3.8, 4) is 0 Å². The number of hydrogen-bond donors (Lipinski definition) is 0. The van der Waals surface area contributed by atoms with E-state index in [1.807, 2.05) is 24.3 Å². The van der Waals surface area contributed by atoms with Gasteiger partial charge in [0.1, 0.15) is 0 Å². The third-order valence-electron chi connectivity index (χ3n) is 3.24. The second-order valence-electron chi connectivity index (χ2n) is 4.50.